The second kappa shape index (κ2) is 7.77. The largest absolute Gasteiger partial charge is 0.459 e. The molecule has 0 spiro atoms. The van der Waals surface area contributed by atoms with Crippen LogP contribution in [0.1, 0.15) is 27.5 Å². The SMILES string of the molecule is Cn1cc([N+](=O)[O-])cc1C(=O)NNC(=O)CCNC(=O)c1ccco1. The zero-order valence-electron chi connectivity index (χ0n) is 13.1. The van der Waals surface area contributed by atoms with Crippen LogP contribution in [0.3, 0.4) is 0 Å². The summed E-state index contributed by atoms with van der Waals surface area (Å²) in [6, 6.07) is 4.13. The molecule has 0 atom stereocenters. The van der Waals surface area contributed by atoms with Gasteiger partial charge in [0.25, 0.3) is 17.5 Å². The Morgan fingerprint density at radius 2 is 2.04 bits per heavy atom. The van der Waals surface area contributed by atoms with Gasteiger partial charge in [-0.2, -0.15) is 0 Å². The van der Waals surface area contributed by atoms with Crippen molar-refractivity contribution in [2.24, 2.45) is 7.05 Å². The fourth-order valence-corrected chi connectivity index (χ4v) is 1.91. The van der Waals surface area contributed by atoms with E-state index in [1.54, 1.807) is 6.07 Å². The van der Waals surface area contributed by atoms with Crippen molar-refractivity contribution >= 4 is 23.4 Å². The number of hydrogen-bond donors (Lipinski definition) is 3. The van der Waals surface area contributed by atoms with Gasteiger partial charge in [0, 0.05) is 26.1 Å². The third-order valence-corrected chi connectivity index (χ3v) is 3.13. The summed E-state index contributed by atoms with van der Waals surface area (Å²) < 4.78 is 6.16. The fraction of sp³-hybridized carbons (Fsp3) is 0.214. The van der Waals surface area contributed by atoms with E-state index in [1.165, 1.54) is 30.1 Å². The Bertz CT molecular complexity index is 795. The molecule has 0 saturated carbocycles. The molecule has 3 N–H and O–H groups in total. The van der Waals surface area contributed by atoms with Gasteiger partial charge in [0.15, 0.2) is 5.76 Å². The number of rotatable bonds is 6. The van der Waals surface area contributed by atoms with Gasteiger partial charge < -0.3 is 14.3 Å². The molecule has 11 nitrogen and oxygen atoms in total. The summed E-state index contributed by atoms with van der Waals surface area (Å²) in [6.07, 6.45) is 2.45. The molecule has 0 bridgehead atoms. The second-order valence-corrected chi connectivity index (χ2v) is 4.94. The molecule has 3 amide bonds. The van der Waals surface area contributed by atoms with Gasteiger partial charge in [0.1, 0.15) is 5.69 Å². The van der Waals surface area contributed by atoms with Crippen molar-refractivity contribution in [1.29, 1.82) is 0 Å². The van der Waals surface area contributed by atoms with Crippen LogP contribution in [0.15, 0.2) is 35.1 Å². The van der Waals surface area contributed by atoms with Gasteiger partial charge >= 0.3 is 0 Å². The predicted molar refractivity (Wildman–Crippen MR) is 83.3 cm³/mol. The van der Waals surface area contributed by atoms with Crippen molar-refractivity contribution < 1.29 is 23.7 Å². The Morgan fingerprint density at radius 1 is 1.28 bits per heavy atom. The van der Waals surface area contributed by atoms with Crippen LogP contribution in [0.4, 0.5) is 5.69 Å². The predicted octanol–water partition coefficient (Wildman–Crippen LogP) is 0.107. The first kappa shape index (κ1) is 17.7. The normalized spacial score (nSPS) is 10.1. The van der Waals surface area contributed by atoms with E-state index in [1.807, 2.05) is 0 Å². The molecule has 0 radical (unpaired) electrons. The van der Waals surface area contributed by atoms with Gasteiger partial charge in [-0.1, -0.05) is 0 Å². The molecule has 0 aliphatic rings. The van der Waals surface area contributed by atoms with Crippen molar-refractivity contribution in [3.63, 3.8) is 0 Å². The first-order chi connectivity index (χ1) is 11.9. The van der Waals surface area contributed by atoms with Crippen molar-refractivity contribution in [2.45, 2.75) is 6.42 Å². The van der Waals surface area contributed by atoms with E-state index in [2.05, 4.69) is 16.2 Å². The maximum absolute atomic E-state index is 11.9. The van der Waals surface area contributed by atoms with Crippen molar-refractivity contribution in [1.82, 2.24) is 20.7 Å². The molecule has 2 heterocycles. The Kier molecular flexibility index (Phi) is 5.50. The van der Waals surface area contributed by atoms with Crippen LogP contribution in [0.25, 0.3) is 0 Å². The molecule has 0 unspecified atom stereocenters. The first-order valence-electron chi connectivity index (χ1n) is 7.10. The van der Waals surface area contributed by atoms with E-state index in [-0.39, 0.29) is 30.1 Å². The molecule has 0 aliphatic heterocycles. The third kappa shape index (κ3) is 4.67. The number of aryl methyl sites for hydroxylation is 1. The first-order valence-corrected chi connectivity index (χ1v) is 7.10. The number of nitrogens with one attached hydrogen (secondary N) is 3. The maximum Gasteiger partial charge on any atom is 0.287 e. The highest BCUT2D eigenvalue weighted by Crippen LogP contribution is 2.14. The summed E-state index contributed by atoms with van der Waals surface area (Å²) in [5.41, 5.74) is 4.08. The lowest BCUT2D eigenvalue weighted by Crippen LogP contribution is -2.43. The lowest BCUT2D eigenvalue weighted by atomic mass is 10.3. The number of carbonyl (C=O) groups is 3. The van der Waals surface area contributed by atoms with Crippen LogP contribution < -0.4 is 16.2 Å². The number of nitrogens with zero attached hydrogens (tertiary/aromatic N) is 2. The number of nitro groups is 1. The van der Waals surface area contributed by atoms with E-state index in [4.69, 9.17) is 4.42 Å². The fourth-order valence-electron chi connectivity index (χ4n) is 1.91. The van der Waals surface area contributed by atoms with Crippen LogP contribution >= 0.6 is 0 Å². The van der Waals surface area contributed by atoms with E-state index in [9.17, 15) is 24.5 Å². The summed E-state index contributed by atoms with van der Waals surface area (Å²) in [6.45, 7) is 0.0386. The average Bonchev–Trinajstić information content (AvgIpc) is 3.22. The third-order valence-electron chi connectivity index (χ3n) is 3.13. The number of furan rings is 1. The van der Waals surface area contributed by atoms with Crippen molar-refractivity contribution in [3.8, 4) is 0 Å². The molecular formula is C14H15N5O6. The number of carbonyl (C=O) groups excluding carboxylic acids is 3. The lowest BCUT2D eigenvalue weighted by molar-refractivity contribution is -0.384. The number of hydrazine groups is 1. The molecule has 132 valence electrons. The van der Waals surface area contributed by atoms with Gasteiger partial charge in [-0.3, -0.25) is 35.3 Å². The van der Waals surface area contributed by atoms with E-state index < -0.39 is 22.6 Å². The molecule has 0 saturated heterocycles. The molecule has 0 fully saturated rings. The number of hydrogen-bond acceptors (Lipinski definition) is 6. The van der Waals surface area contributed by atoms with Crippen LogP contribution in [0.5, 0.6) is 0 Å². The van der Waals surface area contributed by atoms with E-state index >= 15 is 0 Å². The highest BCUT2D eigenvalue weighted by Gasteiger charge is 2.18. The number of amides is 3. The Hall–Kier alpha value is -3.63. The molecule has 0 aromatic carbocycles. The molecule has 0 aliphatic carbocycles. The molecule has 2 rings (SSSR count). The zero-order chi connectivity index (χ0) is 18.4. The summed E-state index contributed by atoms with van der Waals surface area (Å²) in [5.74, 6) is -1.59. The van der Waals surface area contributed by atoms with E-state index in [0.29, 0.717) is 0 Å². The van der Waals surface area contributed by atoms with Gasteiger partial charge in [-0.25, -0.2) is 0 Å². The quantitative estimate of drug-likeness (QED) is 0.498. The van der Waals surface area contributed by atoms with E-state index in [0.717, 1.165) is 6.07 Å². The van der Waals surface area contributed by atoms with Crippen molar-refractivity contribution in [2.75, 3.05) is 6.54 Å². The molecule has 25 heavy (non-hydrogen) atoms. The Balaban J connectivity index is 1.75. The van der Waals surface area contributed by atoms with Crippen LogP contribution in [0, 0.1) is 10.1 Å². The van der Waals surface area contributed by atoms with Gasteiger partial charge in [0.2, 0.25) is 5.91 Å². The highest BCUT2D eigenvalue weighted by molar-refractivity contribution is 5.95. The minimum atomic E-state index is -0.705. The topological polar surface area (TPSA) is 149 Å². The van der Waals surface area contributed by atoms with Gasteiger partial charge in [0.05, 0.1) is 17.4 Å². The molecule has 2 aromatic rings. The van der Waals surface area contributed by atoms with Gasteiger partial charge in [-0.05, 0) is 12.1 Å². The minimum Gasteiger partial charge on any atom is -0.459 e. The summed E-state index contributed by atoms with van der Waals surface area (Å²) in [7, 11) is 1.47. The summed E-state index contributed by atoms with van der Waals surface area (Å²) in [5, 5.41) is 13.1. The average molecular weight is 349 g/mol. The number of aromatic nitrogens is 1. The second-order valence-electron chi connectivity index (χ2n) is 4.94. The van der Waals surface area contributed by atoms with Crippen LogP contribution in [-0.2, 0) is 11.8 Å². The standard InChI is InChI=1S/C14H15N5O6/c1-18-8-9(19(23)24)7-10(18)13(21)17-16-12(20)4-5-15-14(22)11-3-2-6-25-11/h2-3,6-8H,4-5H2,1H3,(H,15,22)(H,16,20)(H,17,21). The Morgan fingerprint density at radius 3 is 2.64 bits per heavy atom. The molecule has 11 heteroatoms. The summed E-state index contributed by atoms with van der Waals surface area (Å²) >= 11 is 0. The lowest BCUT2D eigenvalue weighted by Gasteiger charge is -2.08. The smallest absolute Gasteiger partial charge is 0.287 e. The Labute approximate surface area is 141 Å². The van der Waals surface area contributed by atoms with Crippen LogP contribution in [-0.4, -0.2) is 33.8 Å². The molecular weight excluding hydrogens is 334 g/mol. The van der Waals surface area contributed by atoms with Crippen molar-refractivity contribution in [3.05, 3.63) is 52.2 Å². The molecule has 2 aromatic heterocycles. The highest BCUT2D eigenvalue weighted by atomic mass is 16.6. The maximum atomic E-state index is 11.9. The van der Waals surface area contributed by atoms with Crippen LogP contribution in [0.2, 0.25) is 0 Å². The minimum absolute atomic E-state index is 0.0122. The monoisotopic (exact) mass is 349 g/mol. The zero-order valence-corrected chi connectivity index (χ0v) is 13.1. The summed E-state index contributed by atoms with van der Waals surface area (Å²) in [4.78, 5) is 45.1. The van der Waals surface area contributed by atoms with Gasteiger partial charge in [-0.15, -0.1) is 0 Å².